The first kappa shape index (κ1) is 20.1. The molecular weight excluding hydrogens is 376 g/mol. The molecule has 0 bridgehead atoms. The van der Waals surface area contributed by atoms with Crippen molar-refractivity contribution < 1.29 is 18.0 Å². The van der Waals surface area contributed by atoms with Crippen LogP contribution in [0.5, 0.6) is 0 Å². The third kappa shape index (κ3) is 4.42. The Morgan fingerprint density at radius 3 is 2.50 bits per heavy atom. The highest BCUT2D eigenvalue weighted by molar-refractivity contribution is 7.91. The Hall–Kier alpha value is -2.67. The van der Waals surface area contributed by atoms with Crippen molar-refractivity contribution in [2.75, 3.05) is 22.5 Å². The third-order valence-electron chi connectivity index (χ3n) is 4.84. The lowest BCUT2D eigenvalue weighted by atomic mass is 10.2. The number of nitrogens with zero attached hydrogens (tertiary/aromatic N) is 1. The first-order chi connectivity index (χ1) is 13.3. The molecule has 0 unspecified atom stereocenters. The van der Waals surface area contributed by atoms with E-state index in [1.165, 1.54) is 6.07 Å². The van der Waals surface area contributed by atoms with Crippen LogP contribution in [0.1, 0.15) is 30.9 Å². The molecule has 1 heterocycles. The van der Waals surface area contributed by atoms with Gasteiger partial charge in [0.05, 0.1) is 10.6 Å². The lowest BCUT2D eigenvalue weighted by molar-refractivity contribution is -0.118. The van der Waals surface area contributed by atoms with Crippen LogP contribution in [-0.2, 0) is 25.8 Å². The minimum atomic E-state index is -3.58. The summed E-state index contributed by atoms with van der Waals surface area (Å²) in [7, 11) is -3.58. The van der Waals surface area contributed by atoms with Crippen molar-refractivity contribution in [2.24, 2.45) is 0 Å². The van der Waals surface area contributed by atoms with Crippen LogP contribution in [-0.4, -0.2) is 32.5 Å². The number of amides is 2. The summed E-state index contributed by atoms with van der Waals surface area (Å²) in [5.74, 6) is -0.573. The Morgan fingerprint density at radius 2 is 1.82 bits per heavy atom. The summed E-state index contributed by atoms with van der Waals surface area (Å²) in [6.45, 7) is 4.33. The zero-order valence-electron chi connectivity index (χ0n) is 16.1. The van der Waals surface area contributed by atoms with E-state index in [4.69, 9.17) is 0 Å². The van der Waals surface area contributed by atoms with E-state index >= 15 is 0 Å². The van der Waals surface area contributed by atoms with Crippen molar-refractivity contribution >= 4 is 33.0 Å². The molecule has 0 saturated heterocycles. The smallest absolute Gasteiger partial charge is 0.226 e. The van der Waals surface area contributed by atoms with Gasteiger partial charge in [-0.15, -0.1) is 0 Å². The van der Waals surface area contributed by atoms with Crippen LogP contribution < -0.4 is 10.2 Å². The number of rotatable bonds is 6. The Balaban J connectivity index is 1.65. The van der Waals surface area contributed by atoms with Crippen LogP contribution in [0.4, 0.5) is 11.4 Å². The molecule has 0 fully saturated rings. The molecular formula is C21H24N2O4S. The van der Waals surface area contributed by atoms with Gasteiger partial charge in [0.15, 0.2) is 9.84 Å². The maximum absolute atomic E-state index is 12.6. The van der Waals surface area contributed by atoms with Crippen molar-refractivity contribution in [3.05, 3.63) is 53.6 Å². The van der Waals surface area contributed by atoms with E-state index in [9.17, 15) is 18.0 Å². The molecule has 0 spiro atoms. The number of anilines is 2. The van der Waals surface area contributed by atoms with Gasteiger partial charge in [0.2, 0.25) is 11.8 Å². The maximum atomic E-state index is 12.6. The summed E-state index contributed by atoms with van der Waals surface area (Å²) in [4.78, 5) is 26.0. The molecule has 1 aliphatic rings. The third-order valence-corrected chi connectivity index (χ3v) is 6.56. The summed E-state index contributed by atoms with van der Waals surface area (Å²) in [6.07, 6.45) is 0.932. The molecule has 2 aromatic rings. The van der Waals surface area contributed by atoms with Crippen LogP contribution in [0.15, 0.2) is 47.4 Å². The van der Waals surface area contributed by atoms with Crippen molar-refractivity contribution in [1.82, 2.24) is 0 Å². The van der Waals surface area contributed by atoms with Crippen LogP contribution in [0.3, 0.4) is 0 Å². The van der Waals surface area contributed by atoms with Crippen LogP contribution in [0.25, 0.3) is 0 Å². The second-order valence-corrected chi connectivity index (χ2v) is 9.03. The minimum absolute atomic E-state index is 0.0298. The number of hydrogen-bond donors (Lipinski definition) is 1. The predicted molar refractivity (Wildman–Crippen MR) is 109 cm³/mol. The number of benzene rings is 2. The molecule has 28 heavy (non-hydrogen) atoms. The lowest BCUT2D eigenvalue weighted by Crippen LogP contribution is -2.27. The molecule has 1 N–H and O–H groups in total. The molecule has 7 heteroatoms. The van der Waals surface area contributed by atoms with Crippen LogP contribution in [0, 0.1) is 6.92 Å². The quantitative estimate of drug-likeness (QED) is 0.808. The standard InChI is InChI=1S/C21H24N2O4S/c1-3-21(25)23-12-10-16-14-18(8-9-19(16)23)28(26,27)13-11-20(24)22-17-6-4-15(2)5-7-17/h4-9,14H,3,10-13H2,1-2H3,(H,22,24). The number of carbonyl (C=O) groups is 2. The molecule has 6 nitrogen and oxygen atoms in total. The van der Waals surface area contributed by atoms with E-state index in [0.29, 0.717) is 25.1 Å². The zero-order valence-corrected chi connectivity index (χ0v) is 16.9. The fraction of sp³-hybridized carbons (Fsp3) is 0.333. The Morgan fingerprint density at radius 1 is 1.11 bits per heavy atom. The largest absolute Gasteiger partial charge is 0.326 e. The summed E-state index contributed by atoms with van der Waals surface area (Å²) in [5.41, 5.74) is 3.36. The highest BCUT2D eigenvalue weighted by atomic mass is 32.2. The number of carbonyl (C=O) groups excluding carboxylic acids is 2. The van der Waals surface area contributed by atoms with Gasteiger partial charge < -0.3 is 10.2 Å². The normalized spacial score (nSPS) is 13.3. The molecule has 0 radical (unpaired) electrons. The average molecular weight is 401 g/mol. The summed E-state index contributed by atoms with van der Waals surface area (Å²) in [6, 6.07) is 12.2. The molecule has 1 aliphatic heterocycles. The van der Waals surface area contributed by atoms with E-state index in [0.717, 1.165) is 16.8 Å². The SMILES string of the molecule is CCC(=O)N1CCc2cc(S(=O)(=O)CCC(=O)Nc3ccc(C)cc3)ccc21. The second kappa shape index (κ2) is 8.14. The number of fused-ring (bicyclic) bond motifs is 1. The summed E-state index contributed by atoms with van der Waals surface area (Å²) in [5, 5.41) is 2.71. The number of hydrogen-bond acceptors (Lipinski definition) is 4. The van der Waals surface area contributed by atoms with E-state index in [2.05, 4.69) is 5.32 Å². The highest BCUT2D eigenvalue weighted by Gasteiger charge is 2.26. The van der Waals surface area contributed by atoms with Crippen molar-refractivity contribution in [3.8, 4) is 0 Å². The van der Waals surface area contributed by atoms with E-state index < -0.39 is 9.84 Å². The summed E-state index contributed by atoms with van der Waals surface area (Å²) < 4.78 is 25.3. The maximum Gasteiger partial charge on any atom is 0.226 e. The fourth-order valence-corrected chi connectivity index (χ4v) is 4.51. The second-order valence-electron chi connectivity index (χ2n) is 6.92. The minimum Gasteiger partial charge on any atom is -0.326 e. The molecule has 2 aromatic carbocycles. The van der Waals surface area contributed by atoms with Crippen molar-refractivity contribution in [2.45, 2.75) is 38.0 Å². The van der Waals surface area contributed by atoms with Gasteiger partial charge in [-0.3, -0.25) is 9.59 Å². The molecule has 0 aliphatic carbocycles. The molecule has 2 amide bonds. The number of aryl methyl sites for hydroxylation is 1. The van der Waals surface area contributed by atoms with E-state index in [-0.39, 0.29) is 28.9 Å². The molecule has 0 saturated carbocycles. The van der Waals surface area contributed by atoms with Gasteiger partial charge in [0.1, 0.15) is 0 Å². The Bertz CT molecular complexity index is 998. The topological polar surface area (TPSA) is 83.6 Å². The van der Waals surface area contributed by atoms with Crippen molar-refractivity contribution in [3.63, 3.8) is 0 Å². The Kier molecular flexibility index (Phi) is 5.84. The van der Waals surface area contributed by atoms with Crippen molar-refractivity contribution in [1.29, 1.82) is 0 Å². The number of nitrogens with one attached hydrogen (secondary N) is 1. The van der Waals surface area contributed by atoms with Crippen LogP contribution >= 0.6 is 0 Å². The highest BCUT2D eigenvalue weighted by Crippen LogP contribution is 2.31. The predicted octanol–water partition coefficient (Wildman–Crippen LogP) is 3.10. The van der Waals surface area contributed by atoms with Gasteiger partial charge in [-0.05, 0) is 49.2 Å². The fourth-order valence-electron chi connectivity index (χ4n) is 3.23. The van der Waals surface area contributed by atoms with Gasteiger partial charge in [-0.1, -0.05) is 24.6 Å². The first-order valence-corrected chi connectivity index (χ1v) is 11.0. The van der Waals surface area contributed by atoms with Crippen LogP contribution in [0.2, 0.25) is 0 Å². The zero-order chi connectivity index (χ0) is 20.3. The molecule has 3 rings (SSSR count). The Labute approximate surface area is 165 Å². The van der Waals surface area contributed by atoms with Gasteiger partial charge in [0.25, 0.3) is 0 Å². The van der Waals surface area contributed by atoms with Gasteiger partial charge in [0, 0.05) is 30.8 Å². The molecule has 148 valence electrons. The average Bonchev–Trinajstić information content (AvgIpc) is 3.11. The van der Waals surface area contributed by atoms with Gasteiger partial charge in [-0.2, -0.15) is 0 Å². The number of sulfone groups is 1. The molecule has 0 atom stereocenters. The van der Waals surface area contributed by atoms with Gasteiger partial charge >= 0.3 is 0 Å². The monoisotopic (exact) mass is 400 g/mol. The lowest BCUT2D eigenvalue weighted by Gasteiger charge is -2.16. The molecule has 0 aromatic heterocycles. The van der Waals surface area contributed by atoms with E-state index in [1.54, 1.807) is 36.1 Å². The summed E-state index contributed by atoms with van der Waals surface area (Å²) >= 11 is 0. The first-order valence-electron chi connectivity index (χ1n) is 9.32. The van der Waals surface area contributed by atoms with Gasteiger partial charge in [-0.25, -0.2) is 8.42 Å². The van der Waals surface area contributed by atoms with E-state index in [1.807, 2.05) is 19.1 Å².